The molecule has 0 spiro atoms. The smallest absolute Gasteiger partial charge is 0.263 e. The Kier molecular flexibility index (Phi) is 3.53. The van der Waals surface area contributed by atoms with Crippen molar-refractivity contribution in [3.8, 4) is 0 Å². The van der Waals surface area contributed by atoms with E-state index in [1.165, 1.54) is 12.0 Å². The van der Waals surface area contributed by atoms with Gasteiger partial charge in [0.2, 0.25) is 0 Å². The molecule has 1 aliphatic rings. The van der Waals surface area contributed by atoms with Gasteiger partial charge in [-0.25, -0.2) is 4.98 Å². The van der Waals surface area contributed by atoms with Gasteiger partial charge in [0, 0.05) is 36.9 Å². The lowest BCUT2D eigenvalue weighted by molar-refractivity contribution is 0.442. The van der Waals surface area contributed by atoms with E-state index in [1.54, 1.807) is 0 Å². The molecule has 0 aliphatic carbocycles. The van der Waals surface area contributed by atoms with E-state index >= 15 is 0 Å². The molecule has 4 rings (SSSR count). The Balaban J connectivity index is 1.55. The van der Waals surface area contributed by atoms with Gasteiger partial charge in [0.05, 0.1) is 5.69 Å². The number of hydrogen-bond donors (Lipinski definition) is 0. The monoisotopic (exact) mass is 329 g/mol. The lowest BCUT2D eigenvalue weighted by Gasteiger charge is -2.36. The minimum atomic E-state index is 0.549. The summed E-state index contributed by atoms with van der Waals surface area (Å²) in [5, 5.41) is 5.67. The Morgan fingerprint density at radius 1 is 1.00 bits per heavy atom. The zero-order valence-electron chi connectivity index (χ0n) is 12.7. The Bertz CT molecular complexity index is 824. The maximum Gasteiger partial charge on any atom is 0.263 e. The largest absolute Gasteiger partial charge is 0.368 e. The zero-order valence-corrected chi connectivity index (χ0v) is 13.5. The first kappa shape index (κ1) is 14.3. The number of benzene rings is 1. The predicted octanol–water partition coefficient (Wildman–Crippen LogP) is 2.91. The quantitative estimate of drug-likeness (QED) is 0.720. The molecule has 0 radical (unpaired) electrons. The number of fused-ring (bicyclic) bond motifs is 1. The van der Waals surface area contributed by atoms with Crippen molar-refractivity contribution in [1.29, 1.82) is 0 Å². The first-order valence-corrected chi connectivity index (χ1v) is 7.92. The van der Waals surface area contributed by atoms with Gasteiger partial charge in [0.15, 0.2) is 0 Å². The van der Waals surface area contributed by atoms with E-state index in [4.69, 9.17) is 16.1 Å². The molecule has 0 saturated carbocycles. The average Bonchev–Trinajstić information content (AvgIpc) is 2.97. The first-order valence-electron chi connectivity index (χ1n) is 7.55. The highest BCUT2D eigenvalue weighted by Crippen LogP contribution is 2.27. The van der Waals surface area contributed by atoms with Crippen LogP contribution >= 0.6 is 11.6 Å². The molecule has 1 saturated heterocycles. The lowest BCUT2D eigenvalue weighted by atomic mass is 10.2. The topological polar surface area (TPSA) is 58.3 Å². The second-order valence-corrected chi connectivity index (χ2v) is 6.03. The van der Waals surface area contributed by atoms with Crippen LogP contribution in [0, 0.1) is 6.92 Å². The van der Waals surface area contributed by atoms with Gasteiger partial charge in [-0.15, -0.1) is 0 Å². The molecule has 6 nitrogen and oxygen atoms in total. The van der Waals surface area contributed by atoms with Crippen LogP contribution in [0.15, 0.2) is 35.1 Å². The number of piperazine rings is 1. The molecule has 0 atom stereocenters. The van der Waals surface area contributed by atoms with Gasteiger partial charge in [-0.2, -0.15) is 4.98 Å². The molecule has 1 fully saturated rings. The molecule has 0 N–H and O–H groups in total. The fraction of sp³-hybridized carbons (Fsp3) is 0.312. The van der Waals surface area contributed by atoms with Crippen molar-refractivity contribution in [3.05, 3.63) is 41.3 Å². The van der Waals surface area contributed by atoms with Crippen molar-refractivity contribution >= 4 is 34.2 Å². The average molecular weight is 330 g/mol. The third kappa shape index (κ3) is 2.59. The summed E-state index contributed by atoms with van der Waals surface area (Å²) in [4.78, 5) is 13.2. The summed E-state index contributed by atoms with van der Waals surface area (Å²) in [6.45, 7) is 5.55. The lowest BCUT2D eigenvalue weighted by Crippen LogP contribution is -2.46. The molecule has 3 aromatic rings. The molecule has 118 valence electrons. The zero-order chi connectivity index (χ0) is 15.8. The number of halogens is 1. The third-order valence-corrected chi connectivity index (χ3v) is 4.45. The van der Waals surface area contributed by atoms with E-state index < -0.39 is 0 Å². The summed E-state index contributed by atoms with van der Waals surface area (Å²) in [7, 11) is 0. The van der Waals surface area contributed by atoms with Crippen LogP contribution in [0.5, 0.6) is 0 Å². The first-order chi connectivity index (χ1) is 11.2. The number of anilines is 2. The molecule has 7 heteroatoms. The predicted molar refractivity (Wildman–Crippen MR) is 90.2 cm³/mol. The molecular formula is C16H16ClN5O. The maximum absolute atomic E-state index is 5.96. The molecule has 0 bridgehead atoms. The summed E-state index contributed by atoms with van der Waals surface area (Å²) in [6.07, 6.45) is 1.54. The standard InChI is InChI=1S/C16H16ClN5O/c1-11-14-15(18-10-19-16(14)23-20-11)22-8-6-21(7-9-22)13-4-2-12(17)3-5-13/h2-5,10H,6-9H2,1H3. The second kappa shape index (κ2) is 5.70. The van der Waals surface area contributed by atoms with Crippen molar-refractivity contribution < 1.29 is 4.52 Å². The van der Waals surface area contributed by atoms with Gasteiger partial charge >= 0.3 is 0 Å². The summed E-state index contributed by atoms with van der Waals surface area (Å²) in [5.41, 5.74) is 2.58. The normalized spacial score (nSPS) is 15.4. The number of aromatic nitrogens is 3. The van der Waals surface area contributed by atoms with Gasteiger partial charge in [0.25, 0.3) is 5.71 Å². The van der Waals surface area contributed by atoms with E-state index in [-0.39, 0.29) is 0 Å². The highest BCUT2D eigenvalue weighted by Gasteiger charge is 2.22. The minimum Gasteiger partial charge on any atom is -0.368 e. The minimum absolute atomic E-state index is 0.549. The van der Waals surface area contributed by atoms with Gasteiger partial charge in [-0.05, 0) is 31.2 Å². The highest BCUT2D eigenvalue weighted by molar-refractivity contribution is 6.30. The molecule has 23 heavy (non-hydrogen) atoms. The van der Waals surface area contributed by atoms with Crippen molar-refractivity contribution in [1.82, 2.24) is 15.1 Å². The summed E-state index contributed by atoms with van der Waals surface area (Å²) >= 11 is 5.96. The number of nitrogens with zero attached hydrogens (tertiary/aromatic N) is 5. The van der Waals surface area contributed by atoms with Crippen LogP contribution in [0.3, 0.4) is 0 Å². The molecular weight excluding hydrogens is 314 g/mol. The molecule has 0 unspecified atom stereocenters. The van der Waals surface area contributed by atoms with Gasteiger partial charge < -0.3 is 14.3 Å². The molecule has 3 heterocycles. The van der Waals surface area contributed by atoms with Gasteiger partial charge in [-0.1, -0.05) is 16.8 Å². The molecule has 1 aromatic carbocycles. The maximum atomic E-state index is 5.96. The Labute approximate surface area is 138 Å². The van der Waals surface area contributed by atoms with Crippen LogP contribution in [0.4, 0.5) is 11.5 Å². The SMILES string of the molecule is Cc1noc2ncnc(N3CCN(c4ccc(Cl)cc4)CC3)c12. The van der Waals surface area contributed by atoms with Gasteiger partial charge in [-0.3, -0.25) is 0 Å². The molecule has 0 amide bonds. The van der Waals surface area contributed by atoms with Crippen LogP contribution in [-0.2, 0) is 0 Å². The van der Waals surface area contributed by atoms with Crippen molar-refractivity contribution in [2.24, 2.45) is 0 Å². The van der Waals surface area contributed by atoms with E-state index in [2.05, 4.69) is 37.1 Å². The van der Waals surface area contributed by atoms with E-state index in [1.807, 2.05) is 19.1 Å². The van der Waals surface area contributed by atoms with Crippen molar-refractivity contribution in [3.63, 3.8) is 0 Å². The van der Waals surface area contributed by atoms with Crippen molar-refractivity contribution in [2.75, 3.05) is 36.0 Å². The summed E-state index contributed by atoms with van der Waals surface area (Å²) in [6, 6.07) is 7.98. The molecule has 1 aliphatic heterocycles. The second-order valence-electron chi connectivity index (χ2n) is 5.60. The fourth-order valence-corrected chi connectivity index (χ4v) is 3.10. The number of aryl methyl sites for hydroxylation is 1. The van der Waals surface area contributed by atoms with Crippen LogP contribution in [0.1, 0.15) is 5.69 Å². The van der Waals surface area contributed by atoms with Gasteiger partial charge in [0.1, 0.15) is 17.5 Å². The Hall–Kier alpha value is -2.34. The van der Waals surface area contributed by atoms with E-state index in [9.17, 15) is 0 Å². The van der Waals surface area contributed by atoms with Crippen molar-refractivity contribution in [2.45, 2.75) is 6.92 Å². The van der Waals surface area contributed by atoms with Crippen LogP contribution in [0.2, 0.25) is 5.02 Å². The fourth-order valence-electron chi connectivity index (χ4n) is 2.97. The molecule has 2 aromatic heterocycles. The number of rotatable bonds is 2. The summed E-state index contributed by atoms with van der Waals surface area (Å²) < 4.78 is 5.23. The van der Waals surface area contributed by atoms with Crippen LogP contribution < -0.4 is 9.80 Å². The van der Waals surface area contributed by atoms with E-state index in [0.29, 0.717) is 5.71 Å². The highest BCUT2D eigenvalue weighted by atomic mass is 35.5. The third-order valence-electron chi connectivity index (χ3n) is 4.19. The summed E-state index contributed by atoms with van der Waals surface area (Å²) in [5.74, 6) is 0.907. The Morgan fingerprint density at radius 3 is 2.43 bits per heavy atom. The Morgan fingerprint density at radius 2 is 1.70 bits per heavy atom. The number of hydrogen-bond acceptors (Lipinski definition) is 6. The van der Waals surface area contributed by atoms with E-state index in [0.717, 1.165) is 48.1 Å². The van der Waals surface area contributed by atoms with Crippen LogP contribution in [-0.4, -0.2) is 41.3 Å². The van der Waals surface area contributed by atoms with Crippen LogP contribution in [0.25, 0.3) is 11.1 Å².